The van der Waals surface area contributed by atoms with E-state index in [1.165, 1.54) is 5.56 Å². The fraction of sp³-hybridized carbons (Fsp3) is 0.412. The molecule has 0 bridgehead atoms. The minimum atomic E-state index is 0.400. The van der Waals surface area contributed by atoms with Gasteiger partial charge in [0.05, 0.1) is 6.26 Å². The van der Waals surface area contributed by atoms with Crippen LogP contribution in [0.1, 0.15) is 31.1 Å². The van der Waals surface area contributed by atoms with Crippen LogP contribution in [-0.4, -0.2) is 13.1 Å². The Bertz CT molecular complexity index is 490. The molecule has 108 valence electrons. The van der Waals surface area contributed by atoms with E-state index in [1.54, 1.807) is 6.26 Å². The molecule has 1 N–H and O–H groups in total. The highest BCUT2D eigenvalue weighted by atomic mass is 35.5. The maximum absolute atomic E-state index is 5.97. The van der Waals surface area contributed by atoms with Crippen molar-refractivity contribution in [3.05, 3.63) is 59.0 Å². The monoisotopic (exact) mass is 291 g/mol. The fourth-order valence-corrected chi connectivity index (χ4v) is 2.39. The van der Waals surface area contributed by atoms with E-state index < -0.39 is 0 Å². The second-order valence-electron chi connectivity index (χ2n) is 5.58. The zero-order chi connectivity index (χ0) is 14.4. The molecular weight excluding hydrogens is 270 g/mol. The Kier molecular flexibility index (Phi) is 5.69. The molecule has 1 unspecified atom stereocenters. The summed E-state index contributed by atoms with van der Waals surface area (Å²) >= 11 is 5.97. The van der Waals surface area contributed by atoms with Crippen LogP contribution in [0.15, 0.2) is 47.1 Å². The van der Waals surface area contributed by atoms with Crippen molar-refractivity contribution in [3.63, 3.8) is 0 Å². The number of halogens is 1. The van der Waals surface area contributed by atoms with Gasteiger partial charge in [-0.15, -0.1) is 0 Å². The van der Waals surface area contributed by atoms with Crippen LogP contribution in [0.25, 0.3) is 0 Å². The quantitative estimate of drug-likeness (QED) is 0.812. The predicted octanol–water partition coefficient (Wildman–Crippen LogP) is 4.50. The maximum atomic E-state index is 5.97. The molecular formula is C17H22ClNO. The summed E-state index contributed by atoms with van der Waals surface area (Å²) in [5, 5.41) is 4.31. The SMILES string of the molecule is CC(C)CNCC(Cc1ccco1)c1ccc(Cl)cc1. The van der Waals surface area contributed by atoms with Crippen molar-refractivity contribution in [2.75, 3.05) is 13.1 Å². The maximum Gasteiger partial charge on any atom is 0.104 e. The van der Waals surface area contributed by atoms with Gasteiger partial charge in [-0.3, -0.25) is 0 Å². The van der Waals surface area contributed by atoms with E-state index in [4.69, 9.17) is 16.0 Å². The Balaban J connectivity index is 2.04. The van der Waals surface area contributed by atoms with Crippen molar-refractivity contribution in [3.8, 4) is 0 Å². The van der Waals surface area contributed by atoms with Gasteiger partial charge < -0.3 is 9.73 Å². The van der Waals surface area contributed by atoms with Crippen molar-refractivity contribution in [1.82, 2.24) is 5.32 Å². The Hall–Kier alpha value is -1.25. The Morgan fingerprint density at radius 1 is 1.10 bits per heavy atom. The van der Waals surface area contributed by atoms with Crippen molar-refractivity contribution < 1.29 is 4.42 Å². The number of hydrogen-bond donors (Lipinski definition) is 1. The van der Waals surface area contributed by atoms with Crippen LogP contribution < -0.4 is 5.32 Å². The van der Waals surface area contributed by atoms with E-state index in [0.29, 0.717) is 11.8 Å². The summed E-state index contributed by atoms with van der Waals surface area (Å²) in [5.41, 5.74) is 1.29. The minimum absolute atomic E-state index is 0.400. The lowest BCUT2D eigenvalue weighted by Gasteiger charge is -2.18. The first-order chi connectivity index (χ1) is 9.65. The lowest BCUT2D eigenvalue weighted by molar-refractivity contribution is 0.461. The molecule has 0 spiro atoms. The second-order valence-corrected chi connectivity index (χ2v) is 6.02. The summed E-state index contributed by atoms with van der Waals surface area (Å²) in [6.45, 7) is 6.41. The van der Waals surface area contributed by atoms with Gasteiger partial charge in [-0.2, -0.15) is 0 Å². The zero-order valence-electron chi connectivity index (χ0n) is 12.1. The van der Waals surface area contributed by atoms with Crippen molar-refractivity contribution in [2.45, 2.75) is 26.2 Å². The molecule has 0 aliphatic rings. The van der Waals surface area contributed by atoms with Gasteiger partial charge in [-0.1, -0.05) is 37.6 Å². The summed E-state index contributed by atoms with van der Waals surface area (Å²) in [7, 11) is 0. The van der Waals surface area contributed by atoms with E-state index >= 15 is 0 Å². The molecule has 0 aliphatic carbocycles. The molecule has 1 atom stereocenters. The molecule has 2 aromatic rings. The first-order valence-electron chi connectivity index (χ1n) is 7.13. The number of hydrogen-bond acceptors (Lipinski definition) is 2. The third kappa shape index (κ3) is 4.69. The number of nitrogens with one attached hydrogen (secondary N) is 1. The van der Waals surface area contributed by atoms with Crippen molar-refractivity contribution in [1.29, 1.82) is 0 Å². The molecule has 0 saturated heterocycles. The largest absolute Gasteiger partial charge is 0.469 e. The van der Waals surface area contributed by atoms with E-state index in [1.807, 2.05) is 24.3 Å². The van der Waals surface area contributed by atoms with Crippen LogP contribution in [0.4, 0.5) is 0 Å². The highest BCUT2D eigenvalue weighted by molar-refractivity contribution is 6.30. The molecule has 1 heterocycles. The Morgan fingerprint density at radius 2 is 1.85 bits per heavy atom. The standard InChI is InChI=1S/C17H22ClNO/c1-13(2)11-19-12-15(10-17-4-3-9-20-17)14-5-7-16(18)8-6-14/h3-9,13,15,19H,10-12H2,1-2H3. The molecule has 1 aromatic carbocycles. The molecule has 0 fully saturated rings. The van der Waals surface area contributed by atoms with Gasteiger partial charge >= 0.3 is 0 Å². The van der Waals surface area contributed by atoms with E-state index in [-0.39, 0.29) is 0 Å². The predicted molar refractivity (Wildman–Crippen MR) is 84.3 cm³/mol. The second kappa shape index (κ2) is 7.51. The molecule has 20 heavy (non-hydrogen) atoms. The van der Waals surface area contributed by atoms with Crippen LogP contribution in [0.2, 0.25) is 5.02 Å². The molecule has 2 rings (SSSR count). The van der Waals surface area contributed by atoms with Crippen LogP contribution in [0.3, 0.4) is 0 Å². The Morgan fingerprint density at radius 3 is 2.45 bits per heavy atom. The lowest BCUT2D eigenvalue weighted by atomic mass is 9.94. The first kappa shape index (κ1) is 15.1. The van der Waals surface area contributed by atoms with Gasteiger partial charge in [0.1, 0.15) is 5.76 Å². The van der Waals surface area contributed by atoms with Gasteiger partial charge in [0, 0.05) is 23.9 Å². The smallest absolute Gasteiger partial charge is 0.104 e. The summed E-state index contributed by atoms with van der Waals surface area (Å²) in [6.07, 6.45) is 2.63. The molecule has 0 aliphatic heterocycles. The van der Waals surface area contributed by atoms with Crippen LogP contribution in [-0.2, 0) is 6.42 Å². The van der Waals surface area contributed by atoms with E-state index in [2.05, 4.69) is 31.3 Å². The number of furan rings is 1. The highest BCUT2D eigenvalue weighted by Crippen LogP contribution is 2.22. The molecule has 1 aromatic heterocycles. The molecule has 0 saturated carbocycles. The first-order valence-corrected chi connectivity index (χ1v) is 7.51. The fourth-order valence-electron chi connectivity index (χ4n) is 2.26. The zero-order valence-corrected chi connectivity index (χ0v) is 12.9. The molecule has 0 radical (unpaired) electrons. The summed E-state index contributed by atoms with van der Waals surface area (Å²) in [5.74, 6) is 2.08. The minimum Gasteiger partial charge on any atom is -0.469 e. The summed E-state index contributed by atoms with van der Waals surface area (Å²) in [4.78, 5) is 0. The van der Waals surface area contributed by atoms with Gasteiger partial charge in [0.25, 0.3) is 0 Å². The van der Waals surface area contributed by atoms with Crippen LogP contribution in [0, 0.1) is 5.92 Å². The highest BCUT2D eigenvalue weighted by Gasteiger charge is 2.14. The molecule has 3 heteroatoms. The van der Waals surface area contributed by atoms with Crippen molar-refractivity contribution >= 4 is 11.6 Å². The van der Waals surface area contributed by atoms with Crippen LogP contribution >= 0.6 is 11.6 Å². The van der Waals surface area contributed by atoms with Crippen molar-refractivity contribution in [2.24, 2.45) is 5.92 Å². The Labute approximate surface area is 126 Å². The van der Waals surface area contributed by atoms with Gasteiger partial charge in [-0.25, -0.2) is 0 Å². The number of rotatable bonds is 7. The van der Waals surface area contributed by atoms with Gasteiger partial charge in [0.15, 0.2) is 0 Å². The van der Waals surface area contributed by atoms with E-state index in [9.17, 15) is 0 Å². The summed E-state index contributed by atoms with van der Waals surface area (Å²) in [6, 6.07) is 12.1. The molecule has 2 nitrogen and oxygen atoms in total. The van der Waals surface area contributed by atoms with E-state index in [0.717, 1.165) is 30.3 Å². The van der Waals surface area contributed by atoms with Gasteiger partial charge in [0.2, 0.25) is 0 Å². The summed E-state index contributed by atoms with van der Waals surface area (Å²) < 4.78 is 5.48. The third-order valence-corrected chi connectivity index (χ3v) is 3.56. The average molecular weight is 292 g/mol. The molecule has 0 amide bonds. The third-order valence-electron chi connectivity index (χ3n) is 3.31. The number of benzene rings is 1. The topological polar surface area (TPSA) is 25.2 Å². The lowest BCUT2D eigenvalue weighted by Crippen LogP contribution is -2.26. The normalized spacial score (nSPS) is 12.8. The van der Waals surface area contributed by atoms with Gasteiger partial charge in [-0.05, 0) is 42.3 Å². The van der Waals surface area contributed by atoms with Crippen LogP contribution in [0.5, 0.6) is 0 Å². The average Bonchev–Trinajstić information content (AvgIpc) is 2.91.